The molecule has 0 bridgehead atoms. The average Bonchev–Trinajstić information content (AvgIpc) is 3.02. The highest BCUT2D eigenvalue weighted by Crippen LogP contribution is 2.40. The Bertz CT molecular complexity index is 1060. The molecule has 1 heterocycles. The number of imidazole rings is 1. The monoisotopic (exact) mass is 424 g/mol. The second-order valence-corrected chi connectivity index (χ2v) is 10.5. The maximum Gasteiger partial charge on any atom is 0.342 e. The molecule has 0 atom stereocenters. The van der Waals surface area contributed by atoms with Crippen LogP contribution in [-0.2, 0) is 15.6 Å². The lowest BCUT2D eigenvalue weighted by atomic mass is 9.78. The molecule has 0 saturated heterocycles. The van der Waals surface area contributed by atoms with Crippen LogP contribution in [0.2, 0.25) is 0 Å². The number of aromatic nitrogens is 2. The number of carbonyl (C=O) groups is 1. The maximum absolute atomic E-state index is 12.0. The number of aromatic amines is 1. The Hall–Kier alpha value is -2.73. The fourth-order valence-electron chi connectivity index (χ4n) is 3.25. The van der Waals surface area contributed by atoms with Crippen LogP contribution in [-0.4, -0.2) is 26.2 Å². The lowest BCUT2D eigenvalue weighted by Crippen LogP contribution is -2.17. The predicted molar refractivity (Wildman–Crippen MR) is 123 cm³/mol. The Morgan fingerprint density at radius 3 is 2.10 bits per heavy atom. The molecule has 158 valence electrons. The van der Waals surface area contributed by atoms with E-state index in [2.05, 4.69) is 9.97 Å². The number of H-pyrrole nitrogens is 1. The van der Waals surface area contributed by atoms with Crippen LogP contribution in [0.4, 0.5) is 0 Å². The smallest absolute Gasteiger partial charge is 0.342 e. The molecule has 0 spiro atoms. The van der Waals surface area contributed by atoms with Crippen molar-refractivity contribution in [2.45, 2.75) is 57.5 Å². The average molecular weight is 425 g/mol. The van der Waals surface area contributed by atoms with Crippen molar-refractivity contribution in [3.05, 3.63) is 58.0 Å². The first-order valence-electron chi connectivity index (χ1n) is 9.82. The molecular formula is C24H28N2O3S. The van der Waals surface area contributed by atoms with E-state index in [4.69, 9.17) is 0 Å². The van der Waals surface area contributed by atoms with Crippen molar-refractivity contribution in [3.8, 4) is 5.75 Å². The summed E-state index contributed by atoms with van der Waals surface area (Å²) >= 11 is 1.08. The Morgan fingerprint density at radius 1 is 1.03 bits per heavy atom. The van der Waals surface area contributed by atoms with Crippen LogP contribution in [0.15, 0.2) is 46.5 Å². The molecule has 0 radical (unpaired) electrons. The number of hydrogen-bond donors (Lipinski definition) is 3. The zero-order chi connectivity index (χ0) is 22.3. The van der Waals surface area contributed by atoms with E-state index in [1.54, 1.807) is 6.08 Å². The van der Waals surface area contributed by atoms with Gasteiger partial charge in [-0.1, -0.05) is 53.7 Å². The van der Waals surface area contributed by atoms with E-state index in [-0.39, 0.29) is 21.5 Å². The topological polar surface area (TPSA) is 86.2 Å². The highest BCUT2D eigenvalue weighted by Gasteiger charge is 2.26. The molecule has 5 nitrogen and oxygen atoms in total. The van der Waals surface area contributed by atoms with Gasteiger partial charge in [0.2, 0.25) is 0 Å². The second kappa shape index (κ2) is 7.84. The van der Waals surface area contributed by atoms with Crippen molar-refractivity contribution in [2.75, 3.05) is 0 Å². The Morgan fingerprint density at radius 2 is 1.60 bits per heavy atom. The normalized spacial score (nSPS) is 13.1. The lowest BCUT2D eigenvalue weighted by Gasteiger charge is -2.28. The van der Waals surface area contributed by atoms with Crippen molar-refractivity contribution >= 4 is 34.8 Å². The van der Waals surface area contributed by atoms with Crippen LogP contribution in [0.3, 0.4) is 0 Å². The molecule has 2 aromatic carbocycles. The van der Waals surface area contributed by atoms with Gasteiger partial charge in [0, 0.05) is 11.1 Å². The van der Waals surface area contributed by atoms with Gasteiger partial charge in [-0.25, -0.2) is 9.78 Å². The molecule has 0 amide bonds. The lowest BCUT2D eigenvalue weighted by molar-refractivity contribution is -0.131. The molecule has 0 fully saturated rings. The van der Waals surface area contributed by atoms with Crippen molar-refractivity contribution in [1.29, 1.82) is 0 Å². The summed E-state index contributed by atoms with van der Waals surface area (Å²) < 4.78 is 0. The molecule has 3 aromatic rings. The fourth-order valence-corrected chi connectivity index (χ4v) is 4.05. The number of carboxylic acids is 1. The summed E-state index contributed by atoms with van der Waals surface area (Å²) in [5, 5.41) is 21.2. The van der Waals surface area contributed by atoms with Gasteiger partial charge in [-0.2, -0.15) is 0 Å². The summed E-state index contributed by atoms with van der Waals surface area (Å²) in [5.41, 5.74) is 3.40. The number of para-hydroxylation sites is 2. The molecule has 0 aliphatic carbocycles. The molecular weight excluding hydrogens is 396 g/mol. The third-order valence-corrected chi connectivity index (χ3v) is 5.73. The molecule has 0 unspecified atom stereocenters. The number of benzene rings is 2. The number of nitrogens with one attached hydrogen (secondary N) is 1. The second-order valence-electron chi connectivity index (χ2n) is 9.44. The Labute approximate surface area is 181 Å². The summed E-state index contributed by atoms with van der Waals surface area (Å²) in [6, 6.07) is 11.3. The number of fused-ring (bicyclic) bond motifs is 1. The minimum absolute atomic E-state index is 0.152. The van der Waals surface area contributed by atoms with Crippen LogP contribution in [0, 0.1) is 0 Å². The number of rotatable bonds is 4. The number of hydrogen-bond acceptors (Lipinski definition) is 4. The summed E-state index contributed by atoms with van der Waals surface area (Å²) in [6.07, 6.45) is 1.64. The molecule has 6 heteroatoms. The first-order valence-corrected chi connectivity index (χ1v) is 10.6. The van der Waals surface area contributed by atoms with Crippen molar-refractivity contribution in [2.24, 2.45) is 0 Å². The SMILES string of the molecule is CC(C)(C)c1cc(/C=C(\Sc2nc3ccccc3[nH]2)C(=O)O)cc(C(C)(C)C)c1O. The number of aromatic hydroxyl groups is 1. The van der Waals surface area contributed by atoms with E-state index in [1.165, 1.54) is 0 Å². The summed E-state index contributed by atoms with van der Waals surface area (Å²) in [5.74, 6) is -0.753. The number of aliphatic carboxylic acids is 1. The zero-order valence-corrected chi connectivity index (χ0v) is 19.0. The number of thioether (sulfide) groups is 1. The first-order chi connectivity index (χ1) is 13.9. The molecule has 30 heavy (non-hydrogen) atoms. The number of phenols is 1. The minimum Gasteiger partial charge on any atom is -0.507 e. The van der Waals surface area contributed by atoms with Gasteiger partial charge in [0.15, 0.2) is 5.16 Å². The van der Waals surface area contributed by atoms with E-state index in [0.29, 0.717) is 5.16 Å². The van der Waals surface area contributed by atoms with Gasteiger partial charge in [-0.05, 0) is 58.5 Å². The van der Waals surface area contributed by atoms with Crippen LogP contribution in [0.1, 0.15) is 58.2 Å². The van der Waals surface area contributed by atoms with E-state index < -0.39 is 5.97 Å². The molecule has 3 rings (SSSR count). The third kappa shape index (κ3) is 4.70. The summed E-state index contributed by atoms with van der Waals surface area (Å²) in [6.45, 7) is 12.2. The minimum atomic E-state index is -1.02. The third-order valence-electron chi connectivity index (χ3n) is 4.83. The maximum atomic E-state index is 12.0. The Balaban J connectivity index is 2.09. The highest BCUT2D eigenvalue weighted by atomic mass is 32.2. The van der Waals surface area contributed by atoms with Gasteiger partial charge in [0.05, 0.1) is 11.0 Å². The zero-order valence-electron chi connectivity index (χ0n) is 18.2. The predicted octanol–water partition coefficient (Wildman–Crippen LogP) is 6.08. The number of phenolic OH excluding ortho intramolecular Hbond substituents is 1. The van der Waals surface area contributed by atoms with Gasteiger partial charge in [-0.15, -0.1) is 0 Å². The summed E-state index contributed by atoms with van der Waals surface area (Å²) in [4.78, 5) is 19.7. The highest BCUT2D eigenvalue weighted by molar-refractivity contribution is 8.04. The molecule has 3 N–H and O–H groups in total. The van der Waals surface area contributed by atoms with E-state index >= 15 is 0 Å². The Kier molecular flexibility index (Phi) is 5.74. The van der Waals surface area contributed by atoms with Crippen LogP contribution < -0.4 is 0 Å². The largest absolute Gasteiger partial charge is 0.507 e. The quantitative estimate of drug-likeness (QED) is 0.349. The van der Waals surface area contributed by atoms with E-state index in [0.717, 1.165) is 39.5 Å². The molecule has 0 aliphatic heterocycles. The molecule has 0 aliphatic rings. The fraction of sp³-hybridized carbons (Fsp3) is 0.333. The van der Waals surface area contributed by atoms with Crippen LogP contribution in [0.25, 0.3) is 17.1 Å². The van der Waals surface area contributed by atoms with Gasteiger partial charge < -0.3 is 15.2 Å². The summed E-state index contributed by atoms with van der Waals surface area (Å²) in [7, 11) is 0. The van der Waals surface area contributed by atoms with Crippen LogP contribution in [0.5, 0.6) is 5.75 Å². The van der Waals surface area contributed by atoms with Gasteiger partial charge in [0.25, 0.3) is 0 Å². The standard InChI is InChI=1S/C24H28N2O3S/c1-23(2,3)15-11-14(12-16(20(15)27)24(4,5)6)13-19(21(28)29)30-22-25-17-9-7-8-10-18(17)26-22/h7-13,27H,1-6H3,(H,25,26)(H,28,29)/b19-13-. The van der Waals surface area contributed by atoms with Gasteiger partial charge >= 0.3 is 5.97 Å². The van der Waals surface area contributed by atoms with Crippen molar-refractivity contribution < 1.29 is 15.0 Å². The van der Waals surface area contributed by atoms with Gasteiger partial charge in [0.1, 0.15) is 10.7 Å². The first kappa shape index (κ1) is 22.0. The number of carboxylic acid groups (broad SMARTS) is 1. The van der Waals surface area contributed by atoms with Crippen molar-refractivity contribution in [1.82, 2.24) is 9.97 Å². The van der Waals surface area contributed by atoms with E-state index in [9.17, 15) is 15.0 Å². The molecule has 1 aromatic heterocycles. The van der Waals surface area contributed by atoms with E-state index in [1.807, 2.05) is 77.9 Å². The van der Waals surface area contributed by atoms with Crippen LogP contribution >= 0.6 is 11.8 Å². The number of nitrogens with zero attached hydrogens (tertiary/aromatic N) is 1. The van der Waals surface area contributed by atoms with Crippen molar-refractivity contribution in [3.63, 3.8) is 0 Å². The van der Waals surface area contributed by atoms with Gasteiger partial charge in [-0.3, -0.25) is 0 Å². The molecule has 0 saturated carbocycles.